The molecule has 0 aliphatic heterocycles. The molecule has 0 radical (unpaired) electrons. The highest BCUT2D eigenvalue weighted by molar-refractivity contribution is 7.71. The van der Waals surface area contributed by atoms with Crippen molar-refractivity contribution in [3.8, 4) is 0 Å². The summed E-state index contributed by atoms with van der Waals surface area (Å²) in [6, 6.07) is 0.261. The minimum absolute atomic E-state index is 0.0549. The maximum atomic E-state index is 12.4. The molecule has 0 saturated heterocycles. The average Bonchev–Trinajstić information content (AvgIpc) is 2.76. The number of carbonyl (C=O) groups excluding carboxylic acids is 1. The highest BCUT2D eigenvalue weighted by Crippen LogP contribution is 2.59. The number of aromatic amines is 1. The van der Waals surface area contributed by atoms with E-state index in [4.69, 9.17) is 12.2 Å². The van der Waals surface area contributed by atoms with Gasteiger partial charge in [0.25, 0.3) is 0 Å². The second-order valence-electron chi connectivity index (χ2n) is 7.52. The molecule has 1 heterocycles. The first-order chi connectivity index (χ1) is 10.7. The number of amides is 1. The minimum atomic E-state index is 0.0549. The van der Waals surface area contributed by atoms with Crippen LogP contribution in [-0.2, 0) is 11.2 Å². The minimum Gasteiger partial charge on any atom is -0.355 e. The molecule has 1 fully saturated rings. The summed E-state index contributed by atoms with van der Waals surface area (Å²) >= 11 is 5.24. The quantitative estimate of drug-likeness (QED) is 0.618. The van der Waals surface area contributed by atoms with Crippen LogP contribution in [0.1, 0.15) is 53.4 Å². The van der Waals surface area contributed by atoms with Crippen molar-refractivity contribution in [1.82, 2.24) is 20.1 Å². The molecule has 1 aliphatic rings. The van der Waals surface area contributed by atoms with E-state index in [1.807, 2.05) is 4.57 Å². The Bertz CT molecular complexity index is 664. The summed E-state index contributed by atoms with van der Waals surface area (Å²) in [7, 11) is 0. The van der Waals surface area contributed by atoms with Crippen molar-refractivity contribution < 1.29 is 4.79 Å². The van der Waals surface area contributed by atoms with Crippen molar-refractivity contribution >= 4 is 18.1 Å². The zero-order valence-corrected chi connectivity index (χ0v) is 15.8. The monoisotopic (exact) mass is 336 g/mol. The number of carbonyl (C=O) groups is 1. The Morgan fingerprint density at radius 3 is 2.70 bits per heavy atom. The van der Waals surface area contributed by atoms with Crippen LogP contribution in [0.3, 0.4) is 0 Å². The number of nitrogens with zero attached hydrogens (tertiary/aromatic N) is 2. The molecule has 0 bridgehead atoms. The number of allylic oxidation sites excluding steroid dienone is 2. The van der Waals surface area contributed by atoms with Gasteiger partial charge in [0, 0.05) is 19.0 Å². The molecule has 128 valence electrons. The predicted octanol–water partition coefficient (Wildman–Crippen LogP) is 3.42. The van der Waals surface area contributed by atoms with Crippen molar-refractivity contribution in [2.24, 2.45) is 17.3 Å². The highest BCUT2D eigenvalue weighted by atomic mass is 32.1. The number of hydrogen-bond donors (Lipinski definition) is 2. The summed E-state index contributed by atoms with van der Waals surface area (Å²) < 4.78 is 2.63. The molecular weight excluding hydrogens is 308 g/mol. The molecule has 0 unspecified atom stereocenters. The van der Waals surface area contributed by atoms with E-state index in [1.165, 1.54) is 5.57 Å². The van der Waals surface area contributed by atoms with Crippen LogP contribution in [0, 0.1) is 22.0 Å². The van der Waals surface area contributed by atoms with Crippen LogP contribution in [0.5, 0.6) is 0 Å². The zero-order chi connectivity index (χ0) is 17.4. The van der Waals surface area contributed by atoms with Crippen LogP contribution in [0.4, 0.5) is 0 Å². The van der Waals surface area contributed by atoms with Crippen molar-refractivity contribution in [2.45, 2.75) is 54.0 Å². The largest absolute Gasteiger partial charge is 0.355 e. The van der Waals surface area contributed by atoms with Crippen molar-refractivity contribution in [3.05, 3.63) is 22.2 Å². The molecular formula is C17H28N4OS. The summed E-state index contributed by atoms with van der Waals surface area (Å²) in [4.78, 5) is 12.4. The van der Waals surface area contributed by atoms with Gasteiger partial charge in [0.2, 0.25) is 5.91 Å². The van der Waals surface area contributed by atoms with Crippen LogP contribution in [0.15, 0.2) is 11.6 Å². The third-order valence-electron chi connectivity index (χ3n) is 4.65. The normalized spacial score (nSPS) is 22.0. The van der Waals surface area contributed by atoms with E-state index in [1.54, 1.807) is 0 Å². The van der Waals surface area contributed by atoms with Gasteiger partial charge < -0.3 is 9.88 Å². The molecule has 0 spiro atoms. The van der Waals surface area contributed by atoms with E-state index < -0.39 is 0 Å². The van der Waals surface area contributed by atoms with Crippen LogP contribution in [0.2, 0.25) is 0 Å². The fourth-order valence-corrected chi connectivity index (χ4v) is 3.66. The van der Waals surface area contributed by atoms with Gasteiger partial charge in [0.05, 0.1) is 5.92 Å². The molecule has 1 saturated carbocycles. The molecule has 2 rings (SSSR count). The smallest absolute Gasteiger partial charge is 0.224 e. The van der Waals surface area contributed by atoms with E-state index in [0.717, 1.165) is 5.82 Å². The molecule has 1 amide bonds. The Kier molecular flexibility index (Phi) is 5.14. The lowest BCUT2D eigenvalue weighted by Crippen LogP contribution is -2.29. The summed E-state index contributed by atoms with van der Waals surface area (Å²) in [6.45, 7) is 13.2. The first-order valence-electron chi connectivity index (χ1n) is 8.24. The number of aromatic nitrogens is 3. The van der Waals surface area contributed by atoms with E-state index >= 15 is 0 Å². The van der Waals surface area contributed by atoms with Crippen LogP contribution < -0.4 is 5.32 Å². The topological polar surface area (TPSA) is 62.7 Å². The Morgan fingerprint density at radius 2 is 2.13 bits per heavy atom. The number of hydrogen-bond acceptors (Lipinski definition) is 3. The molecule has 1 aliphatic carbocycles. The average molecular weight is 337 g/mol. The third kappa shape index (κ3) is 3.74. The molecule has 1 aromatic rings. The Balaban J connectivity index is 1.92. The van der Waals surface area contributed by atoms with Gasteiger partial charge >= 0.3 is 0 Å². The number of H-pyrrole nitrogens is 1. The molecule has 2 atom stereocenters. The summed E-state index contributed by atoms with van der Waals surface area (Å²) in [5, 5.41) is 10.1. The van der Waals surface area contributed by atoms with Crippen LogP contribution in [-0.4, -0.2) is 27.2 Å². The first-order valence-corrected chi connectivity index (χ1v) is 8.65. The molecule has 23 heavy (non-hydrogen) atoms. The fraction of sp³-hybridized carbons (Fsp3) is 0.706. The fourth-order valence-electron chi connectivity index (χ4n) is 3.30. The van der Waals surface area contributed by atoms with Gasteiger partial charge in [-0.15, -0.1) is 0 Å². The standard InChI is InChI=1S/C17H28N4OS/c1-10(2)9-12-14(17(12,5)6)15(22)18-8-7-13-19-20-16(23)21(13)11(3)4/h9,11-12,14H,7-8H2,1-6H3,(H,18,22)(H,20,23)/t12-,14-/m1/s1. The van der Waals surface area contributed by atoms with Gasteiger partial charge in [-0.2, -0.15) is 5.10 Å². The van der Waals surface area contributed by atoms with Crippen molar-refractivity contribution in [1.29, 1.82) is 0 Å². The lowest BCUT2D eigenvalue weighted by Gasteiger charge is -2.11. The Labute approximate surface area is 143 Å². The van der Waals surface area contributed by atoms with Crippen molar-refractivity contribution in [3.63, 3.8) is 0 Å². The van der Waals surface area contributed by atoms with Gasteiger partial charge in [-0.25, -0.2) is 0 Å². The van der Waals surface area contributed by atoms with E-state index in [2.05, 4.69) is 63.1 Å². The van der Waals surface area contributed by atoms with Gasteiger partial charge in [-0.3, -0.25) is 9.89 Å². The summed E-state index contributed by atoms with van der Waals surface area (Å²) in [5.41, 5.74) is 1.32. The maximum Gasteiger partial charge on any atom is 0.224 e. The second kappa shape index (κ2) is 6.59. The molecule has 0 aromatic carbocycles. The molecule has 2 N–H and O–H groups in total. The van der Waals surface area contributed by atoms with Gasteiger partial charge in [-0.1, -0.05) is 25.5 Å². The molecule has 6 heteroatoms. The molecule has 1 aromatic heterocycles. The SMILES string of the molecule is CC(C)=C[C@@H]1[C@H](C(=O)NCCc2n[nH]c(=S)n2C(C)C)C1(C)C. The van der Waals surface area contributed by atoms with Crippen LogP contribution in [0.25, 0.3) is 0 Å². The lowest BCUT2D eigenvalue weighted by atomic mass is 10.1. The Hall–Kier alpha value is -1.43. The number of rotatable bonds is 6. The van der Waals surface area contributed by atoms with Gasteiger partial charge in [0.15, 0.2) is 4.77 Å². The lowest BCUT2D eigenvalue weighted by molar-refractivity contribution is -0.123. The maximum absolute atomic E-state index is 12.4. The second-order valence-corrected chi connectivity index (χ2v) is 7.91. The zero-order valence-electron chi connectivity index (χ0n) is 14.9. The Morgan fingerprint density at radius 1 is 1.48 bits per heavy atom. The van der Waals surface area contributed by atoms with E-state index in [-0.39, 0.29) is 23.3 Å². The highest BCUT2D eigenvalue weighted by Gasteiger charge is 2.60. The van der Waals surface area contributed by atoms with Crippen molar-refractivity contribution in [2.75, 3.05) is 6.54 Å². The third-order valence-corrected chi connectivity index (χ3v) is 4.94. The van der Waals surface area contributed by atoms with E-state index in [9.17, 15) is 4.79 Å². The van der Waals surface area contributed by atoms with Gasteiger partial charge in [0.1, 0.15) is 5.82 Å². The molecule has 5 nitrogen and oxygen atoms in total. The van der Waals surface area contributed by atoms with Crippen LogP contribution >= 0.6 is 12.2 Å². The predicted molar refractivity (Wildman–Crippen MR) is 94.7 cm³/mol. The number of nitrogens with one attached hydrogen (secondary N) is 2. The first kappa shape index (κ1) is 17.9. The van der Waals surface area contributed by atoms with Gasteiger partial charge in [-0.05, 0) is 51.2 Å². The summed E-state index contributed by atoms with van der Waals surface area (Å²) in [5.74, 6) is 1.45. The van der Waals surface area contributed by atoms with E-state index in [0.29, 0.717) is 23.7 Å². The summed E-state index contributed by atoms with van der Waals surface area (Å²) in [6.07, 6.45) is 2.89.